The van der Waals surface area contributed by atoms with E-state index < -0.39 is 11.6 Å². The number of anilines is 1. The van der Waals surface area contributed by atoms with Crippen LogP contribution in [0.1, 0.15) is 18.1 Å². The van der Waals surface area contributed by atoms with Crippen molar-refractivity contribution in [2.75, 3.05) is 11.4 Å². The lowest BCUT2D eigenvalue weighted by molar-refractivity contribution is 0.504. The molecule has 0 spiro atoms. The molecular formula is C16H16F2N2S. The molecule has 110 valence electrons. The number of hydrogen-bond donors (Lipinski definition) is 1. The van der Waals surface area contributed by atoms with E-state index in [0.717, 1.165) is 5.56 Å². The molecule has 0 aliphatic heterocycles. The minimum Gasteiger partial charge on any atom is -0.389 e. The van der Waals surface area contributed by atoms with Gasteiger partial charge in [0.1, 0.15) is 4.99 Å². The van der Waals surface area contributed by atoms with Crippen molar-refractivity contribution in [3.8, 4) is 0 Å². The average molecular weight is 306 g/mol. The zero-order valence-electron chi connectivity index (χ0n) is 11.6. The van der Waals surface area contributed by atoms with Crippen molar-refractivity contribution >= 4 is 22.9 Å². The fraction of sp³-hybridized carbons (Fsp3) is 0.188. The molecule has 21 heavy (non-hydrogen) atoms. The number of halogens is 2. The molecule has 2 aromatic rings. The molecule has 2 aromatic carbocycles. The van der Waals surface area contributed by atoms with Crippen LogP contribution in [0.2, 0.25) is 0 Å². The minimum absolute atomic E-state index is 0.0676. The number of thiocarbonyl (C=S) groups is 1. The highest BCUT2D eigenvalue weighted by Gasteiger charge is 2.18. The lowest BCUT2D eigenvalue weighted by atomic mass is 10.1. The van der Waals surface area contributed by atoms with Gasteiger partial charge in [-0.15, -0.1) is 0 Å². The lowest BCUT2D eigenvalue weighted by Gasteiger charge is -2.24. The third-order valence-electron chi connectivity index (χ3n) is 3.27. The summed E-state index contributed by atoms with van der Waals surface area (Å²) in [6, 6.07) is 12.6. The number of hydrogen-bond acceptors (Lipinski definition) is 2. The van der Waals surface area contributed by atoms with E-state index in [-0.39, 0.29) is 16.2 Å². The van der Waals surface area contributed by atoms with Gasteiger partial charge in [0.25, 0.3) is 0 Å². The summed E-state index contributed by atoms with van der Waals surface area (Å²) in [7, 11) is 0. The summed E-state index contributed by atoms with van der Waals surface area (Å²) >= 11 is 4.71. The molecule has 0 aliphatic rings. The Kier molecular flexibility index (Phi) is 4.85. The second-order valence-corrected chi connectivity index (χ2v) is 5.06. The van der Waals surface area contributed by atoms with Crippen LogP contribution in [0, 0.1) is 11.6 Å². The highest BCUT2D eigenvalue weighted by molar-refractivity contribution is 7.80. The molecule has 0 saturated carbocycles. The standard InChI is InChI=1S/C16H16F2N2S/c1-2-20(10-11-6-4-3-5-7-11)13-9-8-12(16(19)21)14(17)15(13)18/h3-9H,2,10H2,1H3,(H2,19,21). The van der Waals surface area contributed by atoms with Crippen molar-refractivity contribution < 1.29 is 8.78 Å². The van der Waals surface area contributed by atoms with Gasteiger partial charge in [-0.2, -0.15) is 0 Å². The van der Waals surface area contributed by atoms with Crippen LogP contribution in [0.4, 0.5) is 14.5 Å². The molecule has 0 atom stereocenters. The average Bonchev–Trinajstić information content (AvgIpc) is 2.48. The van der Waals surface area contributed by atoms with E-state index in [1.54, 1.807) is 4.90 Å². The minimum atomic E-state index is -0.994. The first-order valence-electron chi connectivity index (χ1n) is 6.61. The zero-order chi connectivity index (χ0) is 15.4. The molecule has 0 bridgehead atoms. The van der Waals surface area contributed by atoms with E-state index in [4.69, 9.17) is 18.0 Å². The third-order valence-corrected chi connectivity index (χ3v) is 3.49. The fourth-order valence-electron chi connectivity index (χ4n) is 2.14. The van der Waals surface area contributed by atoms with Crippen molar-refractivity contribution in [1.82, 2.24) is 0 Å². The molecule has 0 fully saturated rings. The Morgan fingerprint density at radius 3 is 2.33 bits per heavy atom. The largest absolute Gasteiger partial charge is 0.389 e. The summed E-state index contributed by atoms with van der Waals surface area (Å²) in [4.78, 5) is 1.61. The van der Waals surface area contributed by atoms with E-state index in [1.165, 1.54) is 12.1 Å². The van der Waals surface area contributed by atoms with Gasteiger partial charge in [-0.25, -0.2) is 8.78 Å². The summed E-state index contributed by atoms with van der Waals surface area (Å²) in [6.07, 6.45) is 0. The molecule has 0 unspecified atom stereocenters. The molecule has 0 saturated heterocycles. The second kappa shape index (κ2) is 6.63. The summed E-state index contributed by atoms with van der Waals surface area (Å²) in [5, 5.41) is 0. The molecule has 0 aliphatic carbocycles. The summed E-state index contributed by atoms with van der Waals surface area (Å²) < 4.78 is 28.2. The van der Waals surface area contributed by atoms with Crippen LogP contribution < -0.4 is 10.6 Å². The molecule has 2 rings (SSSR count). The van der Waals surface area contributed by atoms with Gasteiger partial charge in [0.05, 0.1) is 5.69 Å². The van der Waals surface area contributed by atoms with Crippen molar-refractivity contribution in [1.29, 1.82) is 0 Å². The smallest absolute Gasteiger partial charge is 0.182 e. The maximum absolute atomic E-state index is 14.2. The van der Waals surface area contributed by atoms with E-state index in [1.807, 2.05) is 37.3 Å². The molecule has 5 heteroatoms. The fourth-order valence-corrected chi connectivity index (χ4v) is 2.30. The number of benzene rings is 2. The second-order valence-electron chi connectivity index (χ2n) is 4.62. The van der Waals surface area contributed by atoms with E-state index in [2.05, 4.69) is 0 Å². The molecule has 2 N–H and O–H groups in total. The Hall–Kier alpha value is -2.01. The Morgan fingerprint density at radius 2 is 1.76 bits per heavy atom. The summed E-state index contributed by atoms with van der Waals surface area (Å²) in [5.74, 6) is -1.91. The van der Waals surface area contributed by atoms with Crippen LogP contribution in [0.5, 0.6) is 0 Å². The highest BCUT2D eigenvalue weighted by Crippen LogP contribution is 2.25. The van der Waals surface area contributed by atoms with E-state index in [9.17, 15) is 8.78 Å². The van der Waals surface area contributed by atoms with Gasteiger partial charge < -0.3 is 10.6 Å². The van der Waals surface area contributed by atoms with Crippen LogP contribution in [0.15, 0.2) is 42.5 Å². The molecule has 0 heterocycles. The van der Waals surface area contributed by atoms with Gasteiger partial charge in [-0.3, -0.25) is 0 Å². The van der Waals surface area contributed by atoms with Gasteiger partial charge >= 0.3 is 0 Å². The van der Waals surface area contributed by atoms with E-state index in [0.29, 0.717) is 13.1 Å². The van der Waals surface area contributed by atoms with Gasteiger partial charge in [-0.05, 0) is 24.6 Å². The first kappa shape index (κ1) is 15.4. The van der Waals surface area contributed by atoms with Crippen molar-refractivity contribution in [2.24, 2.45) is 5.73 Å². The van der Waals surface area contributed by atoms with Gasteiger partial charge in [0, 0.05) is 18.7 Å². The molecule has 0 amide bonds. The SMILES string of the molecule is CCN(Cc1ccccc1)c1ccc(C(N)=S)c(F)c1F. The number of nitrogens with two attached hydrogens (primary N) is 1. The quantitative estimate of drug-likeness (QED) is 0.855. The Morgan fingerprint density at radius 1 is 1.10 bits per heavy atom. The van der Waals surface area contributed by atoms with Crippen LogP contribution in [-0.4, -0.2) is 11.5 Å². The molecule has 0 radical (unpaired) electrons. The van der Waals surface area contributed by atoms with Crippen LogP contribution in [0.25, 0.3) is 0 Å². The normalized spacial score (nSPS) is 10.4. The topological polar surface area (TPSA) is 29.3 Å². The first-order chi connectivity index (χ1) is 10.0. The van der Waals surface area contributed by atoms with Crippen molar-refractivity contribution in [2.45, 2.75) is 13.5 Å². The van der Waals surface area contributed by atoms with Crippen LogP contribution >= 0.6 is 12.2 Å². The van der Waals surface area contributed by atoms with E-state index >= 15 is 0 Å². The first-order valence-corrected chi connectivity index (χ1v) is 7.02. The van der Waals surface area contributed by atoms with Crippen molar-refractivity contribution in [3.05, 3.63) is 65.2 Å². The van der Waals surface area contributed by atoms with Crippen LogP contribution in [-0.2, 0) is 6.54 Å². The predicted octanol–water partition coefficient (Wildman–Crippen LogP) is 3.63. The van der Waals surface area contributed by atoms with Gasteiger partial charge in [0.2, 0.25) is 0 Å². The Balaban J connectivity index is 2.35. The zero-order valence-corrected chi connectivity index (χ0v) is 12.5. The predicted molar refractivity (Wildman–Crippen MR) is 85.4 cm³/mol. The molecule has 2 nitrogen and oxygen atoms in total. The summed E-state index contributed by atoms with van der Waals surface area (Å²) in [5.41, 5.74) is 6.54. The van der Waals surface area contributed by atoms with Crippen LogP contribution in [0.3, 0.4) is 0 Å². The lowest BCUT2D eigenvalue weighted by Crippen LogP contribution is -2.24. The Labute approximate surface area is 128 Å². The monoisotopic (exact) mass is 306 g/mol. The van der Waals surface area contributed by atoms with Gasteiger partial charge in [-0.1, -0.05) is 42.5 Å². The molecule has 0 aromatic heterocycles. The Bertz CT molecular complexity index is 644. The van der Waals surface area contributed by atoms with Gasteiger partial charge in [0.15, 0.2) is 11.6 Å². The summed E-state index contributed by atoms with van der Waals surface area (Å²) in [6.45, 7) is 2.94. The third kappa shape index (κ3) is 3.36. The van der Waals surface area contributed by atoms with Crippen molar-refractivity contribution in [3.63, 3.8) is 0 Å². The maximum atomic E-state index is 14.2. The molecular weight excluding hydrogens is 290 g/mol. The maximum Gasteiger partial charge on any atom is 0.182 e. The highest BCUT2D eigenvalue weighted by atomic mass is 32.1. The number of nitrogens with zero attached hydrogens (tertiary/aromatic N) is 1. The number of rotatable bonds is 5.